The van der Waals surface area contributed by atoms with E-state index in [1.54, 1.807) is 60.7 Å². The number of esters is 1. The second-order valence-corrected chi connectivity index (χ2v) is 5.25. The van der Waals surface area contributed by atoms with Crippen LogP contribution in [0.5, 0.6) is 11.5 Å². The molecule has 0 aliphatic rings. The minimum absolute atomic E-state index is 0. The van der Waals surface area contributed by atoms with Crippen LogP contribution in [-0.4, -0.2) is 5.97 Å². The number of hydrogen-bond donors (Lipinski definition) is 0. The molecule has 3 aromatic carbocycles. The number of benzene rings is 3. The Morgan fingerprint density at radius 3 is 2.11 bits per heavy atom. The molecule has 0 aliphatic carbocycles. The summed E-state index contributed by atoms with van der Waals surface area (Å²) < 4.78 is 11.0. The van der Waals surface area contributed by atoms with Gasteiger partial charge < -0.3 is 9.47 Å². The maximum atomic E-state index is 12.0. The second-order valence-electron chi connectivity index (χ2n) is 5.25. The topological polar surface area (TPSA) is 59.3 Å². The van der Waals surface area contributed by atoms with Gasteiger partial charge in [0.2, 0.25) is 0 Å². The van der Waals surface area contributed by atoms with Crippen LogP contribution >= 0.6 is 0 Å². The largest absolute Gasteiger partial charge is 0.489 e. The fourth-order valence-corrected chi connectivity index (χ4v) is 2.14. The van der Waals surface area contributed by atoms with Gasteiger partial charge in [-0.1, -0.05) is 12.1 Å². The first-order valence-corrected chi connectivity index (χ1v) is 7.65. The van der Waals surface area contributed by atoms with Crippen LogP contribution in [-0.2, 0) is 46.2 Å². The Balaban J connectivity index is 0.00000182. The predicted octanol–water partition coefficient (Wildman–Crippen LogP) is 4.15. The summed E-state index contributed by atoms with van der Waals surface area (Å²) in [7, 11) is 0. The Kier molecular flexibility index (Phi) is 9.61. The van der Waals surface area contributed by atoms with Gasteiger partial charge in [-0.25, -0.2) is 4.79 Å². The van der Waals surface area contributed by atoms with Crippen LogP contribution in [0.15, 0.2) is 72.8 Å². The first kappa shape index (κ1) is 22.7. The van der Waals surface area contributed by atoms with Crippen molar-refractivity contribution in [1.82, 2.24) is 0 Å². The van der Waals surface area contributed by atoms with Crippen LogP contribution in [0.4, 0.5) is 0 Å². The number of carbonyl (C=O) groups excluding carboxylic acids is 1. The molecule has 0 saturated heterocycles. The normalized spacial score (nSPS) is 9.15. The molecule has 0 bridgehead atoms. The van der Waals surface area contributed by atoms with Crippen molar-refractivity contribution in [2.45, 2.75) is 6.61 Å². The summed E-state index contributed by atoms with van der Waals surface area (Å²) in [6.45, 7) is 0.384. The molecule has 27 heavy (non-hydrogen) atoms. The van der Waals surface area contributed by atoms with Gasteiger partial charge in [-0.05, 0) is 47.5 Å². The molecule has 3 aromatic rings. The van der Waals surface area contributed by atoms with Gasteiger partial charge in [-0.3, -0.25) is 0 Å². The van der Waals surface area contributed by atoms with Crippen molar-refractivity contribution in [2.24, 2.45) is 0 Å². The summed E-state index contributed by atoms with van der Waals surface area (Å²) in [5.74, 6) is 0.755. The monoisotopic (exact) mass is 563 g/mol. The summed E-state index contributed by atoms with van der Waals surface area (Å²) in [5.41, 5.74) is 2.01. The Bertz CT molecular complexity index is 891. The van der Waals surface area contributed by atoms with Crippen LogP contribution in [0.25, 0.3) is 0 Å². The predicted molar refractivity (Wildman–Crippen MR) is 92.2 cm³/mol. The van der Waals surface area contributed by atoms with Crippen molar-refractivity contribution in [2.75, 3.05) is 0 Å². The van der Waals surface area contributed by atoms with Gasteiger partial charge >= 0.3 is 5.97 Å². The summed E-state index contributed by atoms with van der Waals surface area (Å²) in [6, 6.07) is 25.6. The summed E-state index contributed by atoms with van der Waals surface area (Å²) in [4.78, 5) is 12.0. The quantitative estimate of drug-likeness (QED) is 0.266. The van der Waals surface area contributed by atoms with Crippen molar-refractivity contribution < 1.29 is 53.9 Å². The van der Waals surface area contributed by atoms with Crippen molar-refractivity contribution in [1.29, 1.82) is 5.26 Å². The molecule has 6 heteroatoms. The van der Waals surface area contributed by atoms with Crippen molar-refractivity contribution in [3.8, 4) is 17.6 Å². The zero-order chi connectivity index (χ0) is 17.5. The Hall–Kier alpha value is -2.31. The van der Waals surface area contributed by atoms with E-state index in [0.29, 0.717) is 29.2 Å². The molecule has 0 unspecified atom stereocenters. The van der Waals surface area contributed by atoms with E-state index >= 15 is 0 Å². The molecule has 0 N–H and O–H groups in total. The van der Waals surface area contributed by atoms with Crippen LogP contribution < -0.4 is 9.47 Å². The fourth-order valence-electron chi connectivity index (χ4n) is 2.14. The van der Waals surface area contributed by atoms with Crippen LogP contribution in [0.3, 0.4) is 0 Å². The summed E-state index contributed by atoms with van der Waals surface area (Å²) in [5, 5.41) is 8.77. The smallest absolute Gasteiger partial charge is 0.318 e. The van der Waals surface area contributed by atoms with Gasteiger partial charge in [0.15, 0.2) is 0 Å². The van der Waals surface area contributed by atoms with Gasteiger partial charge in [0.25, 0.3) is 0 Å². The number of hydrogen-bond acceptors (Lipinski definition) is 4. The molecule has 4 nitrogen and oxygen atoms in total. The third-order valence-corrected chi connectivity index (χ3v) is 3.48. The van der Waals surface area contributed by atoms with E-state index in [1.165, 1.54) is 0 Å². The molecule has 0 amide bonds. The van der Waals surface area contributed by atoms with E-state index in [0.717, 1.165) is 5.56 Å². The first-order valence-electron chi connectivity index (χ1n) is 7.65. The van der Waals surface area contributed by atoms with Crippen LogP contribution in [0, 0.1) is 17.4 Å². The number of ether oxygens (including phenoxy) is 2. The zero-order valence-electron chi connectivity index (χ0n) is 14.2. The molecule has 0 heterocycles. The average molecular weight is 563 g/mol. The number of nitriles is 1. The van der Waals surface area contributed by atoms with Gasteiger partial charge in [0.05, 0.1) is 11.6 Å². The molecule has 0 aromatic heterocycles. The Labute approximate surface area is 184 Å². The van der Waals surface area contributed by atoms with Gasteiger partial charge in [-0.2, -0.15) is 35.6 Å². The SMILES string of the molecule is N#Cc1ccc(OCc2ccc(OC(=O)c3cc[c-]cc3)cc2)cc1.[V].[W]. The maximum absolute atomic E-state index is 12.0. The van der Waals surface area contributed by atoms with Gasteiger partial charge in [-0.15, -0.1) is 0 Å². The van der Waals surface area contributed by atoms with Crippen LogP contribution in [0.2, 0.25) is 0 Å². The molecule has 0 saturated carbocycles. The Morgan fingerprint density at radius 2 is 1.52 bits per heavy atom. The molecule has 0 aliphatic heterocycles. The van der Waals surface area contributed by atoms with Gasteiger partial charge in [0.1, 0.15) is 18.1 Å². The van der Waals surface area contributed by atoms with E-state index in [2.05, 4.69) is 12.1 Å². The van der Waals surface area contributed by atoms with E-state index in [9.17, 15) is 4.79 Å². The summed E-state index contributed by atoms with van der Waals surface area (Å²) in [6.07, 6.45) is 0. The Morgan fingerprint density at radius 1 is 0.926 bits per heavy atom. The zero-order valence-corrected chi connectivity index (χ0v) is 18.5. The minimum atomic E-state index is -0.407. The maximum Gasteiger partial charge on any atom is 0.318 e. The molecular weight excluding hydrogens is 549 g/mol. The van der Waals surface area contributed by atoms with E-state index < -0.39 is 5.97 Å². The third kappa shape index (κ3) is 6.73. The average Bonchev–Trinajstić information content (AvgIpc) is 2.68. The third-order valence-electron chi connectivity index (χ3n) is 3.48. The minimum Gasteiger partial charge on any atom is -0.489 e. The molecule has 1 radical (unpaired) electrons. The van der Waals surface area contributed by atoms with Crippen molar-refractivity contribution in [3.05, 3.63) is 95.6 Å². The molecule has 0 fully saturated rings. The molecule has 133 valence electrons. The van der Waals surface area contributed by atoms with E-state index in [4.69, 9.17) is 14.7 Å². The second kappa shape index (κ2) is 11.4. The molecular formula is C21H14NO3VW-. The van der Waals surface area contributed by atoms with E-state index in [-0.39, 0.29) is 39.6 Å². The standard InChI is InChI=1S/C21H14NO3.V.W/c22-14-16-6-10-19(11-7-16)24-15-17-8-12-20(13-9-17)25-21(23)18-4-2-1-3-5-18;;/h2-13H,15H2;;/q-1;;. The van der Waals surface area contributed by atoms with Crippen molar-refractivity contribution in [3.63, 3.8) is 0 Å². The number of nitrogens with zero attached hydrogens (tertiary/aromatic N) is 1. The molecule has 0 atom stereocenters. The number of rotatable bonds is 5. The summed E-state index contributed by atoms with van der Waals surface area (Å²) >= 11 is 0. The van der Waals surface area contributed by atoms with Crippen LogP contribution in [0.1, 0.15) is 21.5 Å². The van der Waals surface area contributed by atoms with Gasteiger partial charge in [0, 0.05) is 39.6 Å². The molecule has 0 spiro atoms. The van der Waals surface area contributed by atoms with E-state index in [1.807, 2.05) is 12.1 Å². The fraction of sp³-hybridized carbons (Fsp3) is 0.0476. The number of carbonyl (C=O) groups is 1. The first-order chi connectivity index (χ1) is 12.2. The molecule has 3 rings (SSSR count). The van der Waals surface area contributed by atoms with Crippen molar-refractivity contribution >= 4 is 5.97 Å².